The summed E-state index contributed by atoms with van der Waals surface area (Å²) in [5, 5.41) is 5.42. The number of nitrogens with one attached hydrogen (secondary N) is 2. The van der Waals surface area contributed by atoms with Gasteiger partial charge in [-0.15, -0.1) is 0 Å². The van der Waals surface area contributed by atoms with Gasteiger partial charge in [-0.3, -0.25) is 0 Å². The normalized spacial score (nSPS) is 10.1. The van der Waals surface area contributed by atoms with E-state index >= 15 is 0 Å². The number of hydrogen-bond donors (Lipinski definition) is 2. The van der Waals surface area contributed by atoms with E-state index in [-0.39, 0.29) is 13.2 Å². The van der Waals surface area contributed by atoms with E-state index in [2.05, 4.69) is 10.6 Å². The van der Waals surface area contributed by atoms with Crippen LogP contribution in [0.5, 0.6) is 0 Å². The Hall–Kier alpha value is -2.32. The number of benzene rings is 2. The fourth-order valence-corrected chi connectivity index (χ4v) is 3.87. The summed E-state index contributed by atoms with van der Waals surface area (Å²) in [6.45, 7) is 1.58. The minimum absolute atomic E-state index is 0.264. The summed E-state index contributed by atoms with van der Waals surface area (Å²) in [4.78, 5) is 23.2. The maximum absolute atomic E-state index is 11.6. The zero-order chi connectivity index (χ0) is 19.9. The van der Waals surface area contributed by atoms with Crippen LogP contribution in [-0.4, -0.2) is 36.8 Å². The second-order valence-corrected chi connectivity index (χ2v) is 8.32. The van der Waals surface area contributed by atoms with Gasteiger partial charge in [0.05, 0.1) is 0 Å². The lowest BCUT2D eigenvalue weighted by Gasteiger charge is -2.08. The Balaban J connectivity index is 1.39. The van der Waals surface area contributed by atoms with Gasteiger partial charge < -0.3 is 20.1 Å². The highest BCUT2D eigenvalue weighted by molar-refractivity contribution is 8.76. The van der Waals surface area contributed by atoms with Gasteiger partial charge in [0.1, 0.15) is 13.2 Å². The Morgan fingerprint density at radius 3 is 1.46 bits per heavy atom. The third-order valence-electron chi connectivity index (χ3n) is 3.42. The van der Waals surface area contributed by atoms with E-state index in [1.54, 1.807) is 21.6 Å². The van der Waals surface area contributed by atoms with Crippen LogP contribution in [0, 0.1) is 0 Å². The van der Waals surface area contributed by atoms with Crippen LogP contribution in [0.3, 0.4) is 0 Å². The highest BCUT2D eigenvalue weighted by atomic mass is 33.1. The minimum Gasteiger partial charge on any atom is -0.445 e. The lowest BCUT2D eigenvalue weighted by atomic mass is 10.2. The third-order valence-corrected chi connectivity index (χ3v) is 5.83. The molecular formula is C20H24N2O4S2. The SMILES string of the molecule is O=C(NCCSSCCNC(=O)OCc1ccccc1)OCc1ccccc1. The first-order valence-electron chi connectivity index (χ1n) is 8.87. The van der Waals surface area contributed by atoms with Crippen molar-refractivity contribution in [1.29, 1.82) is 0 Å². The van der Waals surface area contributed by atoms with Crippen LogP contribution in [0.25, 0.3) is 0 Å². The molecule has 2 aromatic rings. The molecule has 0 fully saturated rings. The van der Waals surface area contributed by atoms with E-state index in [0.717, 1.165) is 22.6 Å². The number of rotatable bonds is 11. The second-order valence-electron chi connectivity index (χ2n) is 5.62. The first-order valence-corrected chi connectivity index (χ1v) is 11.4. The van der Waals surface area contributed by atoms with Crippen molar-refractivity contribution in [2.24, 2.45) is 0 Å². The van der Waals surface area contributed by atoms with Crippen LogP contribution in [0.15, 0.2) is 60.7 Å². The third kappa shape index (κ3) is 10.1. The zero-order valence-electron chi connectivity index (χ0n) is 15.5. The van der Waals surface area contributed by atoms with E-state index in [4.69, 9.17) is 9.47 Å². The lowest BCUT2D eigenvalue weighted by molar-refractivity contribution is 0.139. The molecule has 8 heteroatoms. The number of carbonyl (C=O) groups excluding carboxylic acids is 2. The Morgan fingerprint density at radius 2 is 1.07 bits per heavy atom. The van der Waals surface area contributed by atoms with Crippen molar-refractivity contribution in [2.75, 3.05) is 24.6 Å². The average Bonchev–Trinajstić information content (AvgIpc) is 2.74. The molecule has 6 nitrogen and oxygen atoms in total. The molecule has 2 N–H and O–H groups in total. The van der Waals surface area contributed by atoms with E-state index < -0.39 is 12.2 Å². The largest absolute Gasteiger partial charge is 0.445 e. The van der Waals surface area contributed by atoms with E-state index in [9.17, 15) is 9.59 Å². The van der Waals surface area contributed by atoms with Crippen LogP contribution in [0.2, 0.25) is 0 Å². The highest BCUT2D eigenvalue weighted by Gasteiger charge is 2.03. The van der Waals surface area contributed by atoms with E-state index in [1.165, 1.54) is 0 Å². The van der Waals surface area contributed by atoms with Crippen LogP contribution in [0.4, 0.5) is 9.59 Å². The highest BCUT2D eigenvalue weighted by Crippen LogP contribution is 2.19. The molecule has 0 spiro atoms. The molecular weight excluding hydrogens is 396 g/mol. The first-order chi connectivity index (χ1) is 13.7. The van der Waals surface area contributed by atoms with Crippen LogP contribution < -0.4 is 10.6 Å². The molecule has 2 aromatic carbocycles. The number of amides is 2. The molecule has 0 aliphatic rings. The molecule has 0 saturated carbocycles. The summed E-state index contributed by atoms with van der Waals surface area (Å²) < 4.78 is 10.3. The van der Waals surface area contributed by atoms with Crippen molar-refractivity contribution in [1.82, 2.24) is 10.6 Å². The smallest absolute Gasteiger partial charge is 0.407 e. The Labute approximate surface area is 173 Å². The number of alkyl carbamates (subject to hydrolysis) is 2. The Kier molecular flexibility index (Phi) is 10.8. The van der Waals surface area contributed by atoms with E-state index in [0.29, 0.717) is 13.1 Å². The van der Waals surface area contributed by atoms with Gasteiger partial charge in [0.25, 0.3) is 0 Å². The van der Waals surface area contributed by atoms with Gasteiger partial charge >= 0.3 is 12.2 Å². The van der Waals surface area contributed by atoms with Crippen LogP contribution in [-0.2, 0) is 22.7 Å². The molecule has 0 aliphatic carbocycles. The molecule has 150 valence electrons. The predicted molar refractivity (Wildman–Crippen MR) is 114 cm³/mol. The van der Waals surface area contributed by atoms with Crippen molar-refractivity contribution >= 4 is 33.8 Å². The summed E-state index contributed by atoms with van der Waals surface area (Å²) in [7, 11) is 3.25. The lowest BCUT2D eigenvalue weighted by Crippen LogP contribution is -2.27. The summed E-state index contributed by atoms with van der Waals surface area (Å²) in [5.41, 5.74) is 1.91. The van der Waals surface area contributed by atoms with E-state index in [1.807, 2.05) is 60.7 Å². The standard InChI is InChI=1S/C20H24N2O4S2/c23-19(25-15-17-7-3-1-4-8-17)21-11-13-27-28-14-12-22-20(24)26-16-18-9-5-2-6-10-18/h1-10H,11-16H2,(H,21,23)(H,22,24). The zero-order valence-corrected chi connectivity index (χ0v) is 17.1. The Bertz CT molecular complexity index is 640. The molecule has 0 saturated heterocycles. The number of carbonyl (C=O) groups is 2. The molecule has 0 unspecified atom stereocenters. The van der Waals surface area contributed by atoms with Crippen molar-refractivity contribution in [3.63, 3.8) is 0 Å². The molecule has 2 rings (SSSR count). The topological polar surface area (TPSA) is 76.7 Å². The summed E-state index contributed by atoms with van der Waals surface area (Å²) in [5.74, 6) is 1.51. The molecule has 0 bridgehead atoms. The van der Waals surface area contributed by atoms with Gasteiger partial charge in [-0.1, -0.05) is 82.3 Å². The van der Waals surface area contributed by atoms with Crippen LogP contribution >= 0.6 is 21.6 Å². The molecule has 0 atom stereocenters. The maximum Gasteiger partial charge on any atom is 0.407 e. The molecule has 0 aromatic heterocycles. The molecule has 2 amide bonds. The average molecular weight is 421 g/mol. The van der Waals surface area contributed by atoms with Gasteiger partial charge in [0.2, 0.25) is 0 Å². The Morgan fingerprint density at radius 1 is 0.679 bits per heavy atom. The number of ether oxygens (including phenoxy) is 2. The van der Waals surface area contributed by atoms with Crippen molar-refractivity contribution in [3.05, 3.63) is 71.8 Å². The maximum atomic E-state index is 11.6. The molecule has 0 aliphatic heterocycles. The molecule has 0 radical (unpaired) electrons. The summed E-state index contributed by atoms with van der Waals surface area (Å²) >= 11 is 0. The van der Waals surface area contributed by atoms with Gasteiger partial charge in [0, 0.05) is 24.6 Å². The van der Waals surface area contributed by atoms with Crippen molar-refractivity contribution in [2.45, 2.75) is 13.2 Å². The molecule has 28 heavy (non-hydrogen) atoms. The minimum atomic E-state index is -0.419. The fraction of sp³-hybridized carbons (Fsp3) is 0.300. The van der Waals surface area contributed by atoms with Gasteiger partial charge in [-0.05, 0) is 11.1 Å². The number of hydrogen-bond acceptors (Lipinski definition) is 6. The quantitative estimate of drug-likeness (QED) is 0.419. The van der Waals surface area contributed by atoms with Gasteiger partial charge in [-0.25, -0.2) is 9.59 Å². The second kappa shape index (κ2) is 13.8. The van der Waals surface area contributed by atoms with Gasteiger partial charge in [-0.2, -0.15) is 0 Å². The van der Waals surface area contributed by atoms with Crippen molar-refractivity contribution < 1.29 is 19.1 Å². The van der Waals surface area contributed by atoms with Gasteiger partial charge in [0.15, 0.2) is 0 Å². The van der Waals surface area contributed by atoms with Crippen molar-refractivity contribution in [3.8, 4) is 0 Å². The van der Waals surface area contributed by atoms with Crippen LogP contribution in [0.1, 0.15) is 11.1 Å². The summed E-state index contributed by atoms with van der Waals surface area (Å²) in [6, 6.07) is 19.1. The fourth-order valence-electron chi connectivity index (χ4n) is 2.06. The first kappa shape index (κ1) is 22.0. The monoisotopic (exact) mass is 420 g/mol. The predicted octanol–water partition coefficient (Wildman–Crippen LogP) is 4.22. The molecule has 0 heterocycles. The summed E-state index contributed by atoms with van der Waals surface area (Å²) in [6.07, 6.45) is -0.838.